The molecule has 2 aliphatic heterocycles. The van der Waals surface area contributed by atoms with E-state index in [1.807, 2.05) is 32.9 Å². The van der Waals surface area contributed by atoms with Gasteiger partial charge in [0.1, 0.15) is 17.8 Å². The molecule has 0 spiro atoms. The molecule has 1 aromatic heterocycles. The molecule has 0 aliphatic carbocycles. The summed E-state index contributed by atoms with van der Waals surface area (Å²) in [5.74, 6) is 0.967. The van der Waals surface area contributed by atoms with Crippen LogP contribution >= 0.6 is 0 Å². The van der Waals surface area contributed by atoms with E-state index in [-0.39, 0.29) is 29.8 Å². The highest BCUT2D eigenvalue weighted by atomic mass is 16.3. The summed E-state index contributed by atoms with van der Waals surface area (Å²) in [6.45, 7) is 6.63. The number of furan rings is 1. The largest absolute Gasteiger partial charge is 0.467 e. The maximum absolute atomic E-state index is 12.9. The second-order valence-electron chi connectivity index (χ2n) is 6.32. The summed E-state index contributed by atoms with van der Waals surface area (Å²) in [7, 11) is 0. The Kier molecular flexibility index (Phi) is 3.51. The van der Waals surface area contributed by atoms with Crippen LogP contribution in [0.2, 0.25) is 0 Å². The highest BCUT2D eigenvalue weighted by molar-refractivity contribution is 5.97. The number of rotatable bonds is 3. The van der Waals surface area contributed by atoms with Gasteiger partial charge in [0, 0.05) is 6.54 Å². The minimum atomic E-state index is -0.396. The van der Waals surface area contributed by atoms with Crippen LogP contribution in [0.5, 0.6) is 0 Å². The number of fused-ring (bicyclic) bond motifs is 1. The van der Waals surface area contributed by atoms with Gasteiger partial charge < -0.3 is 14.2 Å². The van der Waals surface area contributed by atoms with Gasteiger partial charge in [0.25, 0.3) is 0 Å². The minimum absolute atomic E-state index is 0.0645. The molecule has 0 radical (unpaired) electrons. The second kappa shape index (κ2) is 5.20. The molecule has 5 heteroatoms. The fraction of sp³-hybridized carbons (Fsp3) is 0.625. The van der Waals surface area contributed by atoms with E-state index in [1.54, 1.807) is 16.1 Å². The average molecular weight is 290 g/mol. The van der Waals surface area contributed by atoms with Crippen molar-refractivity contribution in [1.82, 2.24) is 9.80 Å². The van der Waals surface area contributed by atoms with Crippen molar-refractivity contribution in [3.63, 3.8) is 0 Å². The number of piperazine rings is 1. The van der Waals surface area contributed by atoms with Crippen LogP contribution in [-0.4, -0.2) is 40.2 Å². The van der Waals surface area contributed by atoms with Crippen molar-refractivity contribution in [3.05, 3.63) is 24.2 Å². The zero-order valence-corrected chi connectivity index (χ0v) is 12.8. The van der Waals surface area contributed by atoms with E-state index in [1.165, 1.54) is 0 Å². The molecular weight excluding hydrogens is 268 g/mol. The van der Waals surface area contributed by atoms with Gasteiger partial charge >= 0.3 is 0 Å². The number of hydrogen-bond acceptors (Lipinski definition) is 3. The molecule has 2 amide bonds. The first-order chi connectivity index (χ1) is 10.0. The van der Waals surface area contributed by atoms with Crippen molar-refractivity contribution < 1.29 is 14.0 Å². The first kappa shape index (κ1) is 14.2. The lowest BCUT2D eigenvalue weighted by molar-refractivity contribution is -0.164. The molecule has 0 N–H and O–H groups in total. The monoisotopic (exact) mass is 290 g/mol. The molecule has 0 aromatic carbocycles. The van der Waals surface area contributed by atoms with Crippen molar-refractivity contribution in [2.24, 2.45) is 5.92 Å². The predicted octanol–water partition coefficient (Wildman–Crippen LogP) is 2.20. The molecule has 0 saturated carbocycles. The van der Waals surface area contributed by atoms with Crippen LogP contribution in [0.4, 0.5) is 0 Å². The van der Waals surface area contributed by atoms with E-state index in [0.29, 0.717) is 6.54 Å². The third-order valence-electron chi connectivity index (χ3n) is 4.63. The van der Waals surface area contributed by atoms with Gasteiger partial charge in [0.05, 0.1) is 12.3 Å². The van der Waals surface area contributed by atoms with Gasteiger partial charge in [-0.3, -0.25) is 9.59 Å². The second-order valence-corrected chi connectivity index (χ2v) is 6.32. The first-order valence-electron chi connectivity index (χ1n) is 7.68. The maximum atomic E-state index is 12.9. The number of hydrogen-bond donors (Lipinski definition) is 0. The quantitative estimate of drug-likeness (QED) is 0.857. The molecule has 3 unspecified atom stereocenters. The Bertz CT molecular complexity index is 538. The van der Waals surface area contributed by atoms with Gasteiger partial charge in [-0.2, -0.15) is 0 Å². The van der Waals surface area contributed by atoms with Crippen LogP contribution in [0, 0.1) is 5.92 Å². The summed E-state index contributed by atoms with van der Waals surface area (Å²) in [5, 5.41) is 0. The van der Waals surface area contributed by atoms with Gasteiger partial charge in [-0.25, -0.2) is 0 Å². The molecule has 1 aromatic rings. The summed E-state index contributed by atoms with van der Waals surface area (Å²) in [6.07, 6.45) is 3.29. The number of amides is 2. The third-order valence-corrected chi connectivity index (χ3v) is 4.63. The zero-order valence-electron chi connectivity index (χ0n) is 12.8. The fourth-order valence-corrected chi connectivity index (χ4v) is 3.59. The van der Waals surface area contributed by atoms with E-state index in [2.05, 4.69) is 0 Å². The van der Waals surface area contributed by atoms with Crippen LogP contribution in [-0.2, 0) is 9.59 Å². The van der Waals surface area contributed by atoms with Crippen molar-refractivity contribution in [2.45, 2.75) is 51.7 Å². The van der Waals surface area contributed by atoms with E-state index >= 15 is 0 Å². The topological polar surface area (TPSA) is 53.8 Å². The van der Waals surface area contributed by atoms with Crippen molar-refractivity contribution >= 4 is 11.8 Å². The van der Waals surface area contributed by atoms with Crippen LogP contribution in [0.1, 0.15) is 45.4 Å². The van der Waals surface area contributed by atoms with Crippen LogP contribution in [0.25, 0.3) is 0 Å². The smallest absolute Gasteiger partial charge is 0.246 e. The van der Waals surface area contributed by atoms with E-state index in [4.69, 9.17) is 4.42 Å². The summed E-state index contributed by atoms with van der Waals surface area (Å²) in [4.78, 5) is 29.2. The summed E-state index contributed by atoms with van der Waals surface area (Å²) in [6, 6.07) is 2.79. The molecule has 2 fully saturated rings. The van der Waals surface area contributed by atoms with Crippen LogP contribution in [0.15, 0.2) is 22.8 Å². The highest BCUT2D eigenvalue weighted by Crippen LogP contribution is 2.35. The Morgan fingerprint density at radius 3 is 2.62 bits per heavy atom. The molecular formula is C16H22N2O3. The molecule has 3 rings (SSSR count). The Morgan fingerprint density at radius 1 is 1.24 bits per heavy atom. The Morgan fingerprint density at radius 2 is 2.00 bits per heavy atom. The van der Waals surface area contributed by atoms with Crippen molar-refractivity contribution in [2.75, 3.05) is 6.54 Å². The lowest BCUT2D eigenvalue weighted by Gasteiger charge is -2.46. The summed E-state index contributed by atoms with van der Waals surface area (Å²) >= 11 is 0. The van der Waals surface area contributed by atoms with Gasteiger partial charge in [-0.1, -0.05) is 13.8 Å². The van der Waals surface area contributed by atoms with Crippen molar-refractivity contribution in [1.29, 1.82) is 0 Å². The molecule has 2 aliphatic rings. The highest BCUT2D eigenvalue weighted by Gasteiger charge is 2.50. The minimum Gasteiger partial charge on any atom is -0.467 e. The molecule has 3 atom stereocenters. The lowest BCUT2D eigenvalue weighted by atomic mass is 9.94. The van der Waals surface area contributed by atoms with E-state index < -0.39 is 6.04 Å². The molecule has 3 heterocycles. The fourth-order valence-electron chi connectivity index (χ4n) is 3.59. The van der Waals surface area contributed by atoms with E-state index in [0.717, 1.165) is 18.6 Å². The average Bonchev–Trinajstić information content (AvgIpc) is 3.11. The first-order valence-corrected chi connectivity index (χ1v) is 7.68. The Balaban J connectivity index is 1.98. The lowest BCUT2D eigenvalue weighted by Crippen LogP contribution is -2.64. The Labute approximate surface area is 124 Å². The predicted molar refractivity (Wildman–Crippen MR) is 77.3 cm³/mol. The van der Waals surface area contributed by atoms with Crippen LogP contribution in [0.3, 0.4) is 0 Å². The summed E-state index contributed by atoms with van der Waals surface area (Å²) in [5.41, 5.74) is 0. The van der Waals surface area contributed by atoms with Crippen LogP contribution < -0.4 is 0 Å². The van der Waals surface area contributed by atoms with Gasteiger partial charge in [0.15, 0.2) is 0 Å². The maximum Gasteiger partial charge on any atom is 0.246 e. The summed E-state index contributed by atoms with van der Waals surface area (Å²) < 4.78 is 5.45. The standard InChI is InChI=1S/C16H22N2O3/c1-10(2)14-16(20)17-8-4-6-12(17)15(19)18(14)11(3)13-7-5-9-21-13/h5,7,9-12,14H,4,6,8H2,1-3H3. The SMILES string of the molecule is CC(C)C1C(=O)N2CCCC2C(=O)N1C(C)c1ccco1. The normalized spacial score (nSPS) is 27.4. The third kappa shape index (κ3) is 2.15. The molecule has 21 heavy (non-hydrogen) atoms. The number of carbonyl (C=O) groups is 2. The van der Waals surface area contributed by atoms with E-state index in [9.17, 15) is 9.59 Å². The van der Waals surface area contributed by atoms with Gasteiger partial charge in [-0.05, 0) is 37.8 Å². The zero-order chi connectivity index (χ0) is 15.1. The van der Waals surface area contributed by atoms with Crippen molar-refractivity contribution in [3.8, 4) is 0 Å². The molecule has 2 saturated heterocycles. The number of carbonyl (C=O) groups excluding carboxylic acids is 2. The molecule has 0 bridgehead atoms. The molecule has 114 valence electrons. The van der Waals surface area contributed by atoms with Gasteiger partial charge in [-0.15, -0.1) is 0 Å². The number of nitrogens with zero attached hydrogens (tertiary/aromatic N) is 2. The Hall–Kier alpha value is -1.78. The molecule has 5 nitrogen and oxygen atoms in total. The van der Waals surface area contributed by atoms with Gasteiger partial charge in [0.2, 0.25) is 11.8 Å².